The number of ether oxygens (including phenoxy) is 2. The number of hydrogen-bond acceptors (Lipinski definition) is 6. The van der Waals surface area contributed by atoms with Crippen molar-refractivity contribution in [1.82, 2.24) is 4.90 Å². The van der Waals surface area contributed by atoms with Crippen molar-refractivity contribution in [3.05, 3.63) is 60.4 Å². The Morgan fingerprint density at radius 3 is 2.32 bits per heavy atom. The minimum absolute atomic E-state index is 0.103. The first-order chi connectivity index (χ1) is 16.2. The molecule has 2 aromatic carbocycles. The quantitative estimate of drug-likeness (QED) is 0.138. The summed E-state index contributed by atoms with van der Waals surface area (Å²) < 4.78 is 19.0. The third-order valence-corrected chi connectivity index (χ3v) is 6.98. The Kier molecular flexibility index (Phi) is 9.78. The first kappa shape index (κ1) is 26.9. The van der Waals surface area contributed by atoms with Gasteiger partial charge in [-0.3, -0.25) is 9.59 Å². The first-order valence-electron chi connectivity index (χ1n) is 11.3. The summed E-state index contributed by atoms with van der Waals surface area (Å²) in [4.78, 5) is 28.3. The van der Waals surface area contributed by atoms with Crippen LogP contribution in [0.4, 0.5) is 0 Å². The van der Waals surface area contributed by atoms with Gasteiger partial charge in [0.2, 0.25) is 0 Å². The van der Waals surface area contributed by atoms with Gasteiger partial charge in [0.1, 0.15) is 30.1 Å². The average Bonchev–Trinajstić information content (AvgIpc) is 3.14. The largest absolute Gasteiger partial charge is 0.490 e. The zero-order valence-corrected chi connectivity index (χ0v) is 24.1. The monoisotopic (exact) mass is 689 g/mol. The Labute approximate surface area is 227 Å². The Morgan fingerprint density at radius 2 is 1.71 bits per heavy atom. The Morgan fingerprint density at radius 1 is 1.06 bits per heavy atom. The van der Waals surface area contributed by atoms with Crippen LogP contribution in [0.2, 0.25) is 0 Å². The van der Waals surface area contributed by atoms with Gasteiger partial charge in [0, 0.05) is 17.5 Å². The van der Waals surface area contributed by atoms with Gasteiger partial charge in [-0.05, 0) is 90.3 Å². The van der Waals surface area contributed by atoms with Gasteiger partial charge in [0.05, 0.1) is 18.8 Å². The molecule has 0 amide bonds. The van der Waals surface area contributed by atoms with E-state index in [0.717, 1.165) is 32.5 Å². The van der Waals surface area contributed by atoms with E-state index in [4.69, 9.17) is 13.9 Å². The molecule has 0 aliphatic heterocycles. The van der Waals surface area contributed by atoms with E-state index in [1.54, 1.807) is 19.9 Å². The zero-order valence-electron chi connectivity index (χ0n) is 19.8. The van der Waals surface area contributed by atoms with Crippen molar-refractivity contribution in [2.24, 2.45) is 0 Å². The number of nitrogens with zero attached hydrogens (tertiary/aromatic N) is 1. The highest BCUT2D eigenvalue weighted by atomic mass is 127. The summed E-state index contributed by atoms with van der Waals surface area (Å²) in [7, 11) is 0. The molecule has 3 rings (SSSR count). The highest BCUT2D eigenvalue weighted by Gasteiger charge is 2.25. The molecule has 1 heterocycles. The minimum Gasteiger partial charge on any atom is -0.490 e. The second-order valence-corrected chi connectivity index (χ2v) is 10.4. The molecule has 1 aromatic heterocycles. The molecular weight excluding hydrogens is 660 g/mol. The highest BCUT2D eigenvalue weighted by Crippen LogP contribution is 2.33. The van der Waals surface area contributed by atoms with E-state index in [9.17, 15) is 9.59 Å². The van der Waals surface area contributed by atoms with Gasteiger partial charge in [-0.1, -0.05) is 32.0 Å². The second kappa shape index (κ2) is 12.3. The molecule has 0 saturated heterocycles. The van der Waals surface area contributed by atoms with E-state index < -0.39 is 5.97 Å². The normalized spacial score (nSPS) is 11.4. The third-order valence-electron chi connectivity index (χ3n) is 5.38. The van der Waals surface area contributed by atoms with Crippen molar-refractivity contribution >= 4 is 67.9 Å². The van der Waals surface area contributed by atoms with Gasteiger partial charge in [-0.15, -0.1) is 0 Å². The summed E-state index contributed by atoms with van der Waals surface area (Å²) in [5.74, 6) is 0.483. The average molecular weight is 689 g/mol. The first-order valence-corrected chi connectivity index (χ1v) is 13.5. The number of fused-ring (bicyclic) bond motifs is 1. The van der Waals surface area contributed by atoms with Crippen LogP contribution < -0.4 is 4.74 Å². The molecule has 0 aliphatic rings. The fourth-order valence-electron chi connectivity index (χ4n) is 3.70. The summed E-state index contributed by atoms with van der Waals surface area (Å²) in [6.45, 7) is 11.2. The lowest BCUT2D eigenvalue weighted by Crippen LogP contribution is -2.28. The van der Waals surface area contributed by atoms with Crippen molar-refractivity contribution in [3.63, 3.8) is 0 Å². The fourth-order valence-corrected chi connectivity index (χ4v) is 5.77. The molecule has 0 aliphatic carbocycles. The SMILES string of the molecule is CCN(CC)CCOc1c(I)cc(C(=O)c2c(CC(=O)OC(C)C)oc3ccccc23)cc1I. The summed E-state index contributed by atoms with van der Waals surface area (Å²) in [6, 6.07) is 11.0. The third kappa shape index (κ3) is 6.51. The van der Waals surface area contributed by atoms with Crippen LogP contribution >= 0.6 is 45.2 Å². The van der Waals surface area contributed by atoms with E-state index in [0.29, 0.717) is 34.5 Å². The fraction of sp³-hybridized carbons (Fsp3) is 0.385. The smallest absolute Gasteiger partial charge is 0.313 e. The predicted molar refractivity (Wildman–Crippen MR) is 150 cm³/mol. The van der Waals surface area contributed by atoms with Crippen LogP contribution in [0.1, 0.15) is 49.4 Å². The number of benzene rings is 2. The van der Waals surface area contributed by atoms with Crippen LogP contribution in [0.3, 0.4) is 0 Å². The van der Waals surface area contributed by atoms with Gasteiger partial charge in [-0.2, -0.15) is 0 Å². The molecule has 0 fully saturated rings. The van der Waals surface area contributed by atoms with Crippen molar-refractivity contribution in [1.29, 1.82) is 0 Å². The molecule has 34 heavy (non-hydrogen) atoms. The highest BCUT2D eigenvalue weighted by molar-refractivity contribution is 14.1. The molecule has 182 valence electrons. The van der Waals surface area contributed by atoms with Gasteiger partial charge in [-0.25, -0.2) is 0 Å². The summed E-state index contributed by atoms with van der Waals surface area (Å²) >= 11 is 4.41. The number of likely N-dealkylation sites (N-methyl/N-ethyl adjacent to an activating group) is 1. The number of carbonyl (C=O) groups is 2. The van der Waals surface area contributed by atoms with E-state index in [2.05, 4.69) is 63.9 Å². The van der Waals surface area contributed by atoms with Crippen LogP contribution in [0, 0.1) is 7.14 Å². The van der Waals surface area contributed by atoms with Crippen molar-refractivity contribution in [3.8, 4) is 5.75 Å². The summed E-state index contributed by atoms with van der Waals surface area (Å²) in [5.41, 5.74) is 1.49. The number of halogens is 2. The van der Waals surface area contributed by atoms with Gasteiger partial charge in [0.25, 0.3) is 0 Å². The second-order valence-electron chi connectivity index (χ2n) is 8.09. The van der Waals surface area contributed by atoms with Crippen molar-refractivity contribution in [2.45, 2.75) is 40.2 Å². The molecule has 0 spiro atoms. The van der Waals surface area contributed by atoms with E-state index in [-0.39, 0.29) is 18.3 Å². The van der Waals surface area contributed by atoms with Crippen LogP contribution in [-0.2, 0) is 16.0 Å². The summed E-state index contributed by atoms with van der Waals surface area (Å²) in [6.07, 6.45) is -0.345. The van der Waals surface area contributed by atoms with Gasteiger partial charge in [0.15, 0.2) is 5.78 Å². The van der Waals surface area contributed by atoms with Crippen molar-refractivity contribution < 1.29 is 23.5 Å². The lowest BCUT2D eigenvalue weighted by molar-refractivity contribution is -0.146. The molecule has 0 N–H and O–H groups in total. The number of ketones is 1. The zero-order chi connectivity index (χ0) is 24.8. The molecule has 0 atom stereocenters. The van der Waals surface area contributed by atoms with E-state index >= 15 is 0 Å². The maximum absolute atomic E-state index is 13.7. The molecule has 8 heteroatoms. The van der Waals surface area contributed by atoms with E-state index in [1.165, 1.54) is 0 Å². The van der Waals surface area contributed by atoms with Gasteiger partial charge < -0.3 is 18.8 Å². The lowest BCUT2D eigenvalue weighted by Gasteiger charge is -2.19. The molecule has 0 radical (unpaired) electrons. The number of furan rings is 1. The molecule has 6 nitrogen and oxygen atoms in total. The van der Waals surface area contributed by atoms with Crippen molar-refractivity contribution in [2.75, 3.05) is 26.2 Å². The molecule has 0 unspecified atom stereocenters. The standard InChI is InChI=1S/C26H29I2NO5/c1-5-29(6-2)11-12-32-26-19(27)13-17(14-20(26)28)25(31)24-18-9-7-8-10-21(18)34-22(24)15-23(30)33-16(3)4/h7-10,13-14,16H,5-6,11-12,15H2,1-4H3. The lowest BCUT2D eigenvalue weighted by atomic mass is 9.99. The van der Waals surface area contributed by atoms with E-state index in [1.807, 2.05) is 30.3 Å². The number of carbonyl (C=O) groups excluding carboxylic acids is 2. The van der Waals surface area contributed by atoms with Crippen LogP contribution in [0.5, 0.6) is 5.75 Å². The van der Waals surface area contributed by atoms with Crippen LogP contribution in [0.15, 0.2) is 40.8 Å². The Balaban J connectivity index is 1.91. The number of para-hydroxylation sites is 1. The van der Waals surface area contributed by atoms with Crippen LogP contribution in [-0.4, -0.2) is 49.0 Å². The Bertz CT molecular complexity index is 1140. The maximum Gasteiger partial charge on any atom is 0.313 e. The molecule has 0 saturated carbocycles. The topological polar surface area (TPSA) is 69.0 Å². The number of esters is 1. The molecular formula is C26H29I2NO5. The Hall–Kier alpha value is -1.66. The number of hydrogen-bond donors (Lipinski definition) is 0. The maximum atomic E-state index is 13.7. The molecule has 0 bridgehead atoms. The predicted octanol–water partition coefficient (Wildman–Crippen LogP) is 6.09. The number of rotatable bonds is 11. The minimum atomic E-state index is -0.427. The van der Waals surface area contributed by atoms with Crippen LogP contribution in [0.25, 0.3) is 11.0 Å². The summed E-state index contributed by atoms with van der Waals surface area (Å²) in [5, 5.41) is 0.685. The van der Waals surface area contributed by atoms with Gasteiger partial charge >= 0.3 is 5.97 Å². The molecule has 3 aromatic rings.